The van der Waals surface area contributed by atoms with Crippen LogP contribution in [0.3, 0.4) is 0 Å². The fraction of sp³-hybridized carbons (Fsp3) is 0. The van der Waals surface area contributed by atoms with Crippen LogP contribution in [-0.4, -0.2) is 12.9 Å². The Labute approximate surface area is 81.0 Å². The Bertz CT molecular complexity index is 348. The summed E-state index contributed by atoms with van der Waals surface area (Å²) >= 11 is 1.68. The summed E-state index contributed by atoms with van der Waals surface area (Å²) in [6, 6.07) is 0. The van der Waals surface area contributed by atoms with Gasteiger partial charge in [0, 0.05) is 0 Å². The average molecular weight is 283 g/mol. The largest absolute Gasteiger partial charge is 0.492 e. The second-order valence-corrected chi connectivity index (χ2v) is 2.99. The van der Waals surface area contributed by atoms with Crippen LogP contribution in [0.1, 0.15) is 0 Å². The molecule has 0 aliphatic rings. The van der Waals surface area contributed by atoms with Gasteiger partial charge in [0.25, 0.3) is 0 Å². The number of rotatable bonds is 1. The normalized spacial score (nSPS) is 9.92. The third-order valence-corrected chi connectivity index (χ3v) is 1.80. The smallest absolute Gasteiger partial charge is 0.305 e. The predicted molar refractivity (Wildman–Crippen MR) is 50.4 cm³/mol. The van der Waals surface area contributed by atoms with Gasteiger partial charge in [0.2, 0.25) is 11.7 Å². The first-order valence-electron chi connectivity index (χ1n) is 2.80. The maximum atomic E-state index is 11.1. The molecule has 0 saturated heterocycles. The maximum absolute atomic E-state index is 11.1. The molecule has 0 fully saturated rings. The van der Waals surface area contributed by atoms with Crippen LogP contribution >= 0.6 is 22.9 Å². The SMILES string of the molecule is NN(N)c1nc(O)cn(I)c1=O. The molecule has 7 nitrogen and oxygen atoms in total. The van der Waals surface area contributed by atoms with Crippen LogP contribution in [0.5, 0.6) is 5.88 Å². The van der Waals surface area contributed by atoms with Gasteiger partial charge in [0.15, 0.2) is 0 Å². The van der Waals surface area contributed by atoms with Gasteiger partial charge < -0.3 is 5.11 Å². The molecule has 1 heterocycles. The van der Waals surface area contributed by atoms with Gasteiger partial charge in [0.1, 0.15) is 0 Å². The monoisotopic (exact) mass is 283 g/mol. The fourth-order valence-corrected chi connectivity index (χ4v) is 1.07. The highest BCUT2D eigenvalue weighted by molar-refractivity contribution is 14.1. The van der Waals surface area contributed by atoms with Crippen LogP contribution in [-0.2, 0) is 0 Å². The van der Waals surface area contributed by atoms with Gasteiger partial charge in [-0.3, -0.25) is 4.79 Å². The minimum atomic E-state index is -0.488. The molecule has 0 saturated carbocycles. The van der Waals surface area contributed by atoms with Crippen LogP contribution < -0.4 is 22.4 Å². The van der Waals surface area contributed by atoms with Crippen molar-refractivity contribution in [3.63, 3.8) is 0 Å². The van der Waals surface area contributed by atoms with E-state index in [4.69, 9.17) is 16.8 Å². The molecule has 0 aliphatic carbocycles. The van der Waals surface area contributed by atoms with E-state index in [1.54, 1.807) is 22.9 Å². The molecule has 8 heteroatoms. The second kappa shape index (κ2) is 3.25. The predicted octanol–water partition coefficient (Wildman–Crippen LogP) is -1.30. The number of aromatic hydroxyl groups is 1. The van der Waals surface area contributed by atoms with E-state index in [-0.39, 0.29) is 11.7 Å². The standard InChI is InChI=1S/C4H6IN5O2/c5-9-1-2(11)8-3(4(9)12)10(6)7/h1,11H,6-7H2. The van der Waals surface area contributed by atoms with Gasteiger partial charge in [-0.2, -0.15) is 4.98 Å². The molecule has 12 heavy (non-hydrogen) atoms. The van der Waals surface area contributed by atoms with Crippen LogP contribution in [0.15, 0.2) is 11.0 Å². The van der Waals surface area contributed by atoms with Crippen LogP contribution in [0, 0.1) is 0 Å². The Balaban J connectivity index is 3.38. The van der Waals surface area contributed by atoms with Gasteiger partial charge in [-0.1, -0.05) is 0 Å². The number of hydrogen-bond donors (Lipinski definition) is 3. The zero-order valence-corrected chi connectivity index (χ0v) is 7.96. The van der Waals surface area contributed by atoms with Gasteiger partial charge in [-0.05, 0) is 0 Å². The maximum Gasteiger partial charge on any atom is 0.305 e. The van der Waals surface area contributed by atoms with E-state index in [9.17, 15) is 4.79 Å². The number of hydrazine groups is 2. The van der Waals surface area contributed by atoms with Gasteiger partial charge >= 0.3 is 5.56 Å². The van der Waals surface area contributed by atoms with E-state index >= 15 is 0 Å². The first-order chi connectivity index (χ1) is 5.52. The summed E-state index contributed by atoms with van der Waals surface area (Å²) in [7, 11) is 0. The summed E-state index contributed by atoms with van der Waals surface area (Å²) in [4.78, 5) is 14.6. The van der Waals surface area contributed by atoms with Crippen molar-refractivity contribution >= 4 is 28.7 Å². The van der Waals surface area contributed by atoms with Crippen molar-refractivity contribution in [2.24, 2.45) is 11.7 Å². The summed E-state index contributed by atoms with van der Waals surface area (Å²) in [5, 5.41) is 9.51. The van der Waals surface area contributed by atoms with Crippen molar-refractivity contribution in [3.8, 4) is 5.88 Å². The van der Waals surface area contributed by atoms with E-state index < -0.39 is 5.56 Å². The molecular weight excluding hydrogens is 277 g/mol. The van der Waals surface area contributed by atoms with E-state index in [1.165, 1.54) is 0 Å². The quantitative estimate of drug-likeness (QED) is 0.336. The summed E-state index contributed by atoms with van der Waals surface area (Å²) in [5.41, 5.74) is -0.488. The van der Waals surface area contributed by atoms with E-state index in [2.05, 4.69) is 4.98 Å². The zero-order valence-electron chi connectivity index (χ0n) is 5.81. The highest BCUT2D eigenvalue weighted by Crippen LogP contribution is 2.06. The zero-order chi connectivity index (χ0) is 9.30. The highest BCUT2D eigenvalue weighted by atomic mass is 127. The summed E-state index contributed by atoms with van der Waals surface area (Å²) in [6.07, 6.45) is 1.15. The summed E-state index contributed by atoms with van der Waals surface area (Å²) in [5.74, 6) is 9.61. The van der Waals surface area contributed by atoms with Crippen LogP contribution in [0.25, 0.3) is 0 Å². The van der Waals surface area contributed by atoms with Crippen molar-refractivity contribution in [2.45, 2.75) is 0 Å². The molecule has 1 rings (SSSR count). The third kappa shape index (κ3) is 1.65. The molecule has 0 radical (unpaired) electrons. The fourth-order valence-electron chi connectivity index (χ4n) is 0.609. The van der Waals surface area contributed by atoms with Crippen molar-refractivity contribution in [2.75, 3.05) is 5.12 Å². The van der Waals surface area contributed by atoms with E-state index in [0.29, 0.717) is 5.12 Å². The second-order valence-electron chi connectivity index (χ2n) is 1.95. The molecule has 1 aromatic rings. The average Bonchev–Trinajstić information content (AvgIpc) is 1.96. The molecule has 1 aromatic heterocycles. The van der Waals surface area contributed by atoms with Crippen molar-refractivity contribution in [1.29, 1.82) is 0 Å². The minimum Gasteiger partial charge on any atom is -0.492 e. The number of nitrogens with two attached hydrogens (primary N) is 2. The molecule has 0 spiro atoms. The number of nitrogens with zero attached hydrogens (tertiary/aromatic N) is 3. The van der Waals surface area contributed by atoms with Gasteiger partial charge in [-0.25, -0.2) is 19.6 Å². The van der Waals surface area contributed by atoms with E-state index in [1.807, 2.05) is 0 Å². The number of halogens is 1. The lowest BCUT2D eigenvalue weighted by atomic mass is 10.6. The molecule has 0 atom stereocenters. The molecular formula is C4H6IN5O2. The van der Waals surface area contributed by atoms with Gasteiger partial charge in [-0.15, -0.1) is 0 Å². The lowest BCUT2D eigenvalue weighted by Crippen LogP contribution is -2.42. The Morgan fingerprint density at radius 1 is 1.67 bits per heavy atom. The molecule has 66 valence electrons. The number of hydrogen-bond acceptors (Lipinski definition) is 6. The van der Waals surface area contributed by atoms with Gasteiger partial charge in [0.05, 0.1) is 29.1 Å². The lowest BCUT2D eigenvalue weighted by Gasteiger charge is -2.09. The Kier molecular flexibility index (Phi) is 2.49. The molecule has 0 bridgehead atoms. The molecule has 5 N–H and O–H groups in total. The van der Waals surface area contributed by atoms with Crippen LogP contribution in [0.4, 0.5) is 5.82 Å². The topological polar surface area (TPSA) is 110 Å². The molecule has 0 unspecified atom stereocenters. The molecule has 0 aliphatic heterocycles. The summed E-state index contributed by atoms with van der Waals surface area (Å²) < 4.78 is 1.10. The number of aromatic nitrogens is 2. The third-order valence-electron chi connectivity index (χ3n) is 1.08. The molecule has 0 amide bonds. The Morgan fingerprint density at radius 2 is 2.25 bits per heavy atom. The summed E-state index contributed by atoms with van der Waals surface area (Å²) in [6.45, 7) is 0. The lowest BCUT2D eigenvalue weighted by molar-refractivity contribution is 0.449. The first-order valence-corrected chi connectivity index (χ1v) is 3.77. The Morgan fingerprint density at radius 3 is 2.75 bits per heavy atom. The Hall–Kier alpha value is -0.870. The highest BCUT2D eigenvalue weighted by Gasteiger charge is 2.08. The first kappa shape index (κ1) is 9.22. The van der Waals surface area contributed by atoms with Crippen molar-refractivity contribution in [3.05, 3.63) is 16.6 Å². The van der Waals surface area contributed by atoms with Crippen molar-refractivity contribution in [1.82, 2.24) is 7.76 Å². The van der Waals surface area contributed by atoms with E-state index in [0.717, 1.165) is 8.98 Å². The molecule has 0 aromatic carbocycles. The van der Waals surface area contributed by atoms with Crippen molar-refractivity contribution < 1.29 is 5.11 Å². The van der Waals surface area contributed by atoms with Crippen LogP contribution in [0.2, 0.25) is 0 Å². The number of anilines is 1. The minimum absolute atomic E-state index is 0.218.